The summed E-state index contributed by atoms with van der Waals surface area (Å²) in [5.74, 6) is -1.35. The molecule has 0 fully saturated rings. The highest BCUT2D eigenvalue weighted by molar-refractivity contribution is 6.43. The molecule has 0 N–H and O–H groups in total. The van der Waals surface area contributed by atoms with Crippen LogP contribution in [-0.2, 0) is 19.1 Å². The summed E-state index contributed by atoms with van der Waals surface area (Å²) in [6, 6.07) is 0. The number of esters is 2. The Morgan fingerprint density at radius 1 is 1.15 bits per heavy atom. The fourth-order valence-electron chi connectivity index (χ4n) is 0.725. The molecular weight excluding hydrogens is 196 g/mol. The maximum atomic E-state index is 11.0. The number of hydrogen-bond donors (Lipinski definition) is 0. The van der Waals surface area contributed by atoms with E-state index >= 15 is 0 Å². The third-order valence-corrected chi connectivity index (χ3v) is 1.80. The van der Waals surface area contributed by atoms with Gasteiger partial charge in [-0.15, -0.1) is 0 Å². The molecule has 0 atom stereocenters. The molecule has 0 saturated carbocycles. The molecule has 5 heteroatoms. The first-order valence-corrected chi connectivity index (χ1v) is 4.01. The minimum Gasteiger partial charge on any atom is -0.466 e. The topological polar surface area (TPSA) is 52.6 Å². The maximum absolute atomic E-state index is 11.0. The highest BCUT2D eigenvalue weighted by Gasteiger charge is 2.18. The molecule has 4 nitrogen and oxygen atoms in total. The van der Waals surface area contributed by atoms with Crippen molar-refractivity contribution in [1.82, 2.24) is 0 Å². The predicted molar refractivity (Wildman–Crippen MR) is 47.2 cm³/mol. The third kappa shape index (κ3) is 3.06. The standard InChI is InChI=1S/C8H11ClO4/c1-4-5(7(10)12-2)6(9)8(11)13-3/h4H2,1-3H3. The maximum Gasteiger partial charge on any atom is 0.350 e. The number of methoxy groups -OCH3 is 2. The average Bonchev–Trinajstić information content (AvgIpc) is 2.17. The molecule has 0 aromatic heterocycles. The minimum atomic E-state index is -0.732. The lowest BCUT2D eigenvalue weighted by Gasteiger charge is -2.04. The first-order valence-electron chi connectivity index (χ1n) is 3.63. The van der Waals surface area contributed by atoms with Crippen molar-refractivity contribution in [2.45, 2.75) is 13.3 Å². The minimum absolute atomic E-state index is 0.121. The van der Waals surface area contributed by atoms with E-state index in [1.54, 1.807) is 6.92 Å². The molecule has 0 unspecified atom stereocenters. The summed E-state index contributed by atoms with van der Waals surface area (Å²) in [6.07, 6.45) is 0.320. The smallest absolute Gasteiger partial charge is 0.350 e. The van der Waals surface area contributed by atoms with E-state index in [9.17, 15) is 9.59 Å². The van der Waals surface area contributed by atoms with Crippen LogP contribution in [0.5, 0.6) is 0 Å². The molecule has 74 valence electrons. The molecule has 0 spiro atoms. The zero-order chi connectivity index (χ0) is 10.4. The van der Waals surface area contributed by atoms with Gasteiger partial charge in [0.2, 0.25) is 0 Å². The van der Waals surface area contributed by atoms with E-state index in [1.807, 2.05) is 0 Å². The highest BCUT2D eigenvalue weighted by atomic mass is 35.5. The van der Waals surface area contributed by atoms with Gasteiger partial charge in [-0.05, 0) is 6.42 Å². The van der Waals surface area contributed by atoms with Crippen LogP contribution in [0.3, 0.4) is 0 Å². The molecule has 0 aliphatic heterocycles. The monoisotopic (exact) mass is 206 g/mol. The van der Waals surface area contributed by atoms with Crippen molar-refractivity contribution in [1.29, 1.82) is 0 Å². The van der Waals surface area contributed by atoms with Gasteiger partial charge in [-0.25, -0.2) is 9.59 Å². The molecule has 0 bridgehead atoms. The normalized spacial score (nSPS) is 11.7. The molecule has 0 saturated heterocycles. The Hall–Kier alpha value is -1.03. The quantitative estimate of drug-likeness (QED) is 0.515. The van der Waals surface area contributed by atoms with Crippen LogP contribution >= 0.6 is 11.6 Å². The summed E-state index contributed by atoms with van der Waals surface area (Å²) in [5, 5.41) is -0.225. The van der Waals surface area contributed by atoms with Crippen molar-refractivity contribution in [3.63, 3.8) is 0 Å². The van der Waals surface area contributed by atoms with Gasteiger partial charge >= 0.3 is 11.9 Å². The summed E-state index contributed by atoms with van der Waals surface area (Å²) >= 11 is 5.58. The highest BCUT2D eigenvalue weighted by Crippen LogP contribution is 2.15. The average molecular weight is 207 g/mol. The number of carbonyl (C=O) groups excluding carboxylic acids is 2. The molecule has 0 amide bonds. The van der Waals surface area contributed by atoms with Gasteiger partial charge in [0, 0.05) is 0 Å². The molecule has 0 aliphatic carbocycles. The zero-order valence-corrected chi connectivity index (χ0v) is 8.47. The lowest BCUT2D eigenvalue weighted by atomic mass is 10.2. The molecule has 13 heavy (non-hydrogen) atoms. The van der Waals surface area contributed by atoms with Gasteiger partial charge in [-0.3, -0.25) is 0 Å². The van der Waals surface area contributed by atoms with Gasteiger partial charge in [0.1, 0.15) is 5.03 Å². The van der Waals surface area contributed by atoms with Crippen molar-refractivity contribution in [3.8, 4) is 0 Å². The van der Waals surface area contributed by atoms with Gasteiger partial charge < -0.3 is 9.47 Å². The fourth-order valence-corrected chi connectivity index (χ4v) is 1.01. The first-order chi connectivity index (χ1) is 6.08. The van der Waals surface area contributed by atoms with E-state index in [4.69, 9.17) is 11.6 Å². The van der Waals surface area contributed by atoms with Crippen LogP contribution in [0.15, 0.2) is 10.6 Å². The molecule has 0 aromatic carbocycles. The first kappa shape index (κ1) is 12.0. The summed E-state index contributed by atoms with van der Waals surface area (Å²) < 4.78 is 8.78. The second-order valence-electron chi connectivity index (χ2n) is 2.13. The molecule has 0 rings (SSSR count). The number of halogens is 1. The number of carbonyl (C=O) groups is 2. The molecule has 0 heterocycles. The second-order valence-corrected chi connectivity index (χ2v) is 2.51. The van der Waals surface area contributed by atoms with E-state index in [0.29, 0.717) is 6.42 Å². The Morgan fingerprint density at radius 2 is 1.62 bits per heavy atom. The Labute approximate surface area is 81.5 Å². The van der Waals surface area contributed by atoms with Crippen LogP contribution in [0, 0.1) is 0 Å². The molecule has 0 aromatic rings. The Kier molecular flexibility index (Phi) is 5.14. The fraction of sp³-hybridized carbons (Fsp3) is 0.500. The summed E-state index contributed by atoms with van der Waals surface area (Å²) in [6.45, 7) is 1.69. The number of hydrogen-bond acceptors (Lipinski definition) is 4. The van der Waals surface area contributed by atoms with Gasteiger partial charge in [0.05, 0.1) is 19.8 Å². The van der Waals surface area contributed by atoms with Crippen LogP contribution in [0.1, 0.15) is 13.3 Å². The van der Waals surface area contributed by atoms with Crippen LogP contribution in [0.2, 0.25) is 0 Å². The van der Waals surface area contributed by atoms with Gasteiger partial charge in [0.15, 0.2) is 0 Å². The van der Waals surface area contributed by atoms with Crippen LogP contribution in [0.25, 0.3) is 0 Å². The van der Waals surface area contributed by atoms with Crippen LogP contribution < -0.4 is 0 Å². The van der Waals surface area contributed by atoms with E-state index in [0.717, 1.165) is 0 Å². The summed E-state index contributed by atoms with van der Waals surface area (Å²) in [4.78, 5) is 21.9. The largest absolute Gasteiger partial charge is 0.466 e. The Balaban J connectivity index is 4.89. The molecular formula is C8H11ClO4. The number of rotatable bonds is 3. The van der Waals surface area contributed by atoms with Crippen molar-refractivity contribution in [2.75, 3.05) is 14.2 Å². The van der Waals surface area contributed by atoms with E-state index in [-0.39, 0.29) is 10.6 Å². The molecule has 0 aliphatic rings. The lowest BCUT2D eigenvalue weighted by molar-refractivity contribution is -0.138. The van der Waals surface area contributed by atoms with Crippen molar-refractivity contribution in [2.24, 2.45) is 0 Å². The summed E-state index contributed by atoms with van der Waals surface area (Å²) in [7, 11) is 2.41. The van der Waals surface area contributed by atoms with Gasteiger partial charge in [0.25, 0.3) is 0 Å². The van der Waals surface area contributed by atoms with E-state index < -0.39 is 11.9 Å². The van der Waals surface area contributed by atoms with Crippen molar-refractivity contribution < 1.29 is 19.1 Å². The number of ether oxygens (including phenoxy) is 2. The van der Waals surface area contributed by atoms with Crippen LogP contribution in [0.4, 0.5) is 0 Å². The SMILES string of the molecule is CCC(C(=O)OC)=C(Cl)C(=O)OC. The second kappa shape index (κ2) is 5.59. The van der Waals surface area contributed by atoms with Crippen LogP contribution in [-0.4, -0.2) is 26.2 Å². The molecule has 0 radical (unpaired) electrons. The Morgan fingerprint density at radius 3 is 1.92 bits per heavy atom. The Bertz CT molecular complexity index is 245. The van der Waals surface area contributed by atoms with Crippen molar-refractivity contribution in [3.05, 3.63) is 10.6 Å². The summed E-state index contributed by atoms with van der Waals surface area (Å²) in [5.41, 5.74) is 0.121. The van der Waals surface area contributed by atoms with Gasteiger partial charge in [-0.1, -0.05) is 18.5 Å². The zero-order valence-electron chi connectivity index (χ0n) is 7.72. The predicted octanol–water partition coefficient (Wildman–Crippen LogP) is 1.24. The van der Waals surface area contributed by atoms with E-state index in [2.05, 4.69) is 9.47 Å². The van der Waals surface area contributed by atoms with E-state index in [1.165, 1.54) is 14.2 Å². The third-order valence-electron chi connectivity index (χ3n) is 1.41. The lowest BCUT2D eigenvalue weighted by Crippen LogP contribution is -2.11. The van der Waals surface area contributed by atoms with Gasteiger partial charge in [-0.2, -0.15) is 0 Å². The van der Waals surface area contributed by atoms with Crippen molar-refractivity contribution >= 4 is 23.5 Å².